The number of imidazole rings is 1. The largest absolute Gasteiger partial charge is 0.378 e. The Kier molecular flexibility index (Phi) is 4.67. The summed E-state index contributed by atoms with van der Waals surface area (Å²) in [6.45, 7) is 3.85. The summed E-state index contributed by atoms with van der Waals surface area (Å²) in [6, 6.07) is 13.6. The molecule has 2 aliphatic rings. The third-order valence-electron chi connectivity index (χ3n) is 5.76. The highest BCUT2D eigenvalue weighted by atomic mass is 16.6. The molecule has 3 heterocycles. The van der Waals surface area contributed by atoms with Gasteiger partial charge in [-0.1, -0.05) is 24.3 Å². The van der Waals surface area contributed by atoms with Crippen molar-refractivity contribution in [1.82, 2.24) is 14.5 Å². The second-order valence-corrected chi connectivity index (χ2v) is 7.62. The van der Waals surface area contributed by atoms with E-state index in [0.717, 1.165) is 11.0 Å². The third kappa shape index (κ3) is 3.23. The zero-order valence-corrected chi connectivity index (χ0v) is 16.9. The number of morpholine rings is 1. The highest BCUT2D eigenvalue weighted by Crippen LogP contribution is 2.40. The van der Waals surface area contributed by atoms with Crippen LogP contribution in [0, 0.1) is 10.1 Å². The summed E-state index contributed by atoms with van der Waals surface area (Å²) in [4.78, 5) is 31.1. The standard InChI is InChI=1S/C22H21N5O4/c1-14-19(21(28)25-9-11-31-12-10-25)20(15-5-4-6-16(13-15)27(29)30)26-18-8-3-2-7-17(18)24-22(26)23-14/h2-8,13,20H,9-12H2,1H3,(H,23,24). The molecule has 3 aromatic rings. The van der Waals surface area contributed by atoms with Crippen LogP contribution in [0.3, 0.4) is 0 Å². The van der Waals surface area contributed by atoms with E-state index in [9.17, 15) is 14.9 Å². The Morgan fingerprint density at radius 2 is 1.97 bits per heavy atom. The highest BCUT2D eigenvalue weighted by molar-refractivity contribution is 5.98. The molecule has 0 aliphatic carbocycles. The van der Waals surface area contributed by atoms with Gasteiger partial charge in [0.25, 0.3) is 11.6 Å². The number of anilines is 1. The molecule has 31 heavy (non-hydrogen) atoms. The molecule has 1 fully saturated rings. The van der Waals surface area contributed by atoms with E-state index >= 15 is 0 Å². The molecule has 0 radical (unpaired) electrons. The first-order chi connectivity index (χ1) is 15.0. The van der Waals surface area contributed by atoms with E-state index in [-0.39, 0.29) is 11.6 Å². The predicted molar refractivity (Wildman–Crippen MR) is 115 cm³/mol. The van der Waals surface area contributed by atoms with Crippen LogP contribution < -0.4 is 5.32 Å². The molecule has 2 aromatic carbocycles. The van der Waals surface area contributed by atoms with E-state index in [2.05, 4.69) is 10.3 Å². The van der Waals surface area contributed by atoms with Gasteiger partial charge >= 0.3 is 0 Å². The van der Waals surface area contributed by atoms with E-state index in [0.29, 0.717) is 49.1 Å². The molecule has 2 aliphatic heterocycles. The van der Waals surface area contributed by atoms with Gasteiger partial charge in [-0.05, 0) is 24.6 Å². The molecule has 1 aromatic heterocycles. The quantitative estimate of drug-likeness (QED) is 0.517. The van der Waals surface area contributed by atoms with Crippen molar-refractivity contribution in [3.63, 3.8) is 0 Å². The number of non-ortho nitro benzene ring substituents is 1. The Hall–Kier alpha value is -3.72. The molecule has 0 bridgehead atoms. The number of amides is 1. The van der Waals surface area contributed by atoms with Crippen molar-refractivity contribution in [2.75, 3.05) is 31.6 Å². The number of nitro groups is 1. The molecule has 1 unspecified atom stereocenters. The number of carbonyl (C=O) groups excluding carboxylic acids is 1. The zero-order chi connectivity index (χ0) is 21.5. The van der Waals surface area contributed by atoms with Crippen LogP contribution in [0.2, 0.25) is 0 Å². The van der Waals surface area contributed by atoms with E-state index in [1.54, 1.807) is 11.0 Å². The maximum absolute atomic E-state index is 13.6. The molecule has 1 atom stereocenters. The Balaban J connectivity index is 1.71. The normalized spacial score (nSPS) is 18.6. The molecule has 1 amide bonds. The van der Waals surface area contributed by atoms with Gasteiger partial charge in [-0.3, -0.25) is 19.5 Å². The molecule has 0 spiro atoms. The monoisotopic (exact) mass is 419 g/mol. The first-order valence-corrected chi connectivity index (χ1v) is 10.1. The Morgan fingerprint density at radius 1 is 1.19 bits per heavy atom. The number of nitrogens with one attached hydrogen (secondary N) is 1. The zero-order valence-electron chi connectivity index (χ0n) is 16.9. The summed E-state index contributed by atoms with van der Waals surface area (Å²) in [5.74, 6) is 0.502. The first kappa shape index (κ1) is 19.3. The molecular formula is C22H21N5O4. The molecule has 5 rings (SSSR count). The highest BCUT2D eigenvalue weighted by Gasteiger charge is 2.36. The van der Waals surface area contributed by atoms with Gasteiger partial charge in [-0.2, -0.15) is 0 Å². The lowest BCUT2D eigenvalue weighted by molar-refractivity contribution is -0.384. The number of aromatic nitrogens is 2. The number of ether oxygens (including phenoxy) is 1. The number of fused-ring (bicyclic) bond motifs is 3. The molecule has 1 N–H and O–H groups in total. The van der Waals surface area contributed by atoms with Gasteiger partial charge in [-0.25, -0.2) is 4.98 Å². The summed E-state index contributed by atoms with van der Waals surface area (Å²) in [5.41, 5.74) is 3.53. The second kappa shape index (κ2) is 7.51. The number of carbonyl (C=O) groups is 1. The van der Waals surface area contributed by atoms with Gasteiger partial charge in [0.2, 0.25) is 5.95 Å². The van der Waals surface area contributed by atoms with Gasteiger partial charge in [0.05, 0.1) is 40.8 Å². The van der Waals surface area contributed by atoms with E-state index in [1.165, 1.54) is 12.1 Å². The lowest BCUT2D eigenvalue weighted by Gasteiger charge is -2.35. The number of nitro benzene ring substituents is 1. The summed E-state index contributed by atoms with van der Waals surface area (Å²) in [7, 11) is 0. The van der Waals surface area contributed by atoms with Crippen LogP contribution in [0.5, 0.6) is 0 Å². The summed E-state index contributed by atoms with van der Waals surface area (Å²) < 4.78 is 7.36. The SMILES string of the molecule is CC1=C(C(=O)N2CCOCC2)C(c2cccc([N+](=O)[O-])c2)n2c(nc3ccccc32)N1. The minimum atomic E-state index is -0.543. The first-order valence-electron chi connectivity index (χ1n) is 10.1. The minimum Gasteiger partial charge on any atom is -0.378 e. The lowest BCUT2D eigenvalue weighted by atomic mass is 9.93. The average Bonchev–Trinajstić information content (AvgIpc) is 3.16. The van der Waals surface area contributed by atoms with Crippen LogP contribution in [-0.4, -0.2) is 51.6 Å². The smallest absolute Gasteiger partial charge is 0.269 e. The van der Waals surface area contributed by atoms with Gasteiger partial charge in [-0.15, -0.1) is 0 Å². The van der Waals surface area contributed by atoms with E-state index in [4.69, 9.17) is 4.74 Å². The molecule has 9 nitrogen and oxygen atoms in total. The number of hydrogen-bond acceptors (Lipinski definition) is 6. The Morgan fingerprint density at radius 3 is 2.74 bits per heavy atom. The van der Waals surface area contributed by atoms with Crippen molar-refractivity contribution < 1.29 is 14.5 Å². The molecular weight excluding hydrogens is 398 g/mol. The van der Waals surface area contributed by atoms with E-state index in [1.807, 2.05) is 41.8 Å². The molecule has 0 saturated carbocycles. The second-order valence-electron chi connectivity index (χ2n) is 7.62. The third-order valence-corrected chi connectivity index (χ3v) is 5.76. The van der Waals surface area contributed by atoms with E-state index < -0.39 is 11.0 Å². The number of rotatable bonds is 3. The fraction of sp³-hybridized carbons (Fsp3) is 0.273. The van der Waals surface area contributed by atoms with Crippen molar-refractivity contribution >= 4 is 28.6 Å². The van der Waals surface area contributed by atoms with Crippen molar-refractivity contribution in [2.24, 2.45) is 0 Å². The van der Waals surface area contributed by atoms with Crippen LogP contribution in [0.25, 0.3) is 11.0 Å². The van der Waals surface area contributed by atoms with Gasteiger partial charge in [0.1, 0.15) is 0 Å². The molecule has 1 saturated heterocycles. The van der Waals surface area contributed by atoms with Crippen LogP contribution in [0.4, 0.5) is 11.6 Å². The topological polar surface area (TPSA) is 103 Å². The number of hydrogen-bond donors (Lipinski definition) is 1. The van der Waals surface area contributed by atoms with Crippen LogP contribution in [0.1, 0.15) is 18.5 Å². The van der Waals surface area contributed by atoms with Crippen molar-refractivity contribution in [1.29, 1.82) is 0 Å². The van der Waals surface area contributed by atoms with Crippen LogP contribution >= 0.6 is 0 Å². The van der Waals surface area contributed by atoms with Gasteiger partial charge in [0.15, 0.2) is 0 Å². The lowest BCUT2D eigenvalue weighted by Crippen LogP contribution is -2.44. The maximum Gasteiger partial charge on any atom is 0.269 e. The number of nitrogens with zero attached hydrogens (tertiary/aromatic N) is 4. The minimum absolute atomic E-state index is 0.0159. The number of para-hydroxylation sites is 2. The van der Waals surface area contributed by atoms with Crippen molar-refractivity contribution in [2.45, 2.75) is 13.0 Å². The Labute approximate surface area is 178 Å². The maximum atomic E-state index is 13.6. The summed E-state index contributed by atoms with van der Waals surface area (Å²) in [6.07, 6.45) is 0. The number of benzene rings is 2. The fourth-order valence-electron chi connectivity index (χ4n) is 4.30. The van der Waals surface area contributed by atoms with Gasteiger partial charge < -0.3 is 15.0 Å². The van der Waals surface area contributed by atoms with Crippen LogP contribution in [-0.2, 0) is 9.53 Å². The fourth-order valence-corrected chi connectivity index (χ4v) is 4.30. The van der Waals surface area contributed by atoms with Gasteiger partial charge in [0, 0.05) is 30.9 Å². The average molecular weight is 419 g/mol. The predicted octanol–water partition coefficient (Wildman–Crippen LogP) is 3.09. The van der Waals surface area contributed by atoms with Crippen molar-refractivity contribution in [3.05, 3.63) is 75.5 Å². The number of allylic oxidation sites excluding steroid dienone is 1. The van der Waals surface area contributed by atoms with Crippen LogP contribution in [0.15, 0.2) is 59.8 Å². The molecule has 9 heteroatoms. The molecule has 158 valence electrons. The summed E-state index contributed by atoms with van der Waals surface area (Å²) in [5, 5.41) is 14.7. The Bertz CT molecular complexity index is 1230. The summed E-state index contributed by atoms with van der Waals surface area (Å²) >= 11 is 0. The van der Waals surface area contributed by atoms with Crippen molar-refractivity contribution in [3.8, 4) is 0 Å².